The first-order chi connectivity index (χ1) is 12.1. The largest absolute Gasteiger partial charge is 0.416 e. The molecule has 0 radical (unpaired) electrons. The number of benzene rings is 2. The average Bonchev–Trinajstić information content (AvgIpc) is 2.55. The summed E-state index contributed by atoms with van der Waals surface area (Å²) < 4.78 is 65.9. The van der Waals surface area contributed by atoms with Gasteiger partial charge in [-0.1, -0.05) is 15.9 Å². The van der Waals surface area contributed by atoms with Gasteiger partial charge in [0.25, 0.3) is 5.91 Å². The summed E-state index contributed by atoms with van der Waals surface area (Å²) >= 11 is 3.24. The molecule has 1 unspecified atom stereocenters. The number of hydrogen-bond acceptors (Lipinski definition) is 4. The second-order valence-corrected chi connectivity index (χ2v) is 8.00. The lowest BCUT2D eigenvalue weighted by Gasteiger charge is -2.27. The van der Waals surface area contributed by atoms with Gasteiger partial charge >= 0.3 is 6.18 Å². The molecular weight excluding hydrogens is 439 g/mol. The first-order valence-electron chi connectivity index (χ1n) is 7.13. The van der Waals surface area contributed by atoms with Crippen molar-refractivity contribution in [3.05, 3.63) is 52.5 Å². The fraction of sp³-hybridized carbons (Fsp3) is 0.133. The molecule has 2 aromatic carbocycles. The number of anilines is 2. The molecule has 0 bridgehead atoms. The quantitative estimate of drug-likeness (QED) is 0.657. The van der Waals surface area contributed by atoms with Crippen LogP contribution in [0.3, 0.4) is 0 Å². The Morgan fingerprint density at radius 2 is 1.77 bits per heavy atom. The van der Waals surface area contributed by atoms with E-state index in [-0.39, 0.29) is 10.6 Å². The number of rotatable bonds is 2. The topological polar surface area (TPSA) is 87.3 Å². The molecule has 26 heavy (non-hydrogen) atoms. The van der Waals surface area contributed by atoms with Crippen LogP contribution >= 0.6 is 15.9 Å². The van der Waals surface area contributed by atoms with Crippen molar-refractivity contribution in [2.24, 2.45) is 0 Å². The van der Waals surface area contributed by atoms with Gasteiger partial charge in [0, 0.05) is 10.2 Å². The molecule has 0 saturated heterocycles. The van der Waals surface area contributed by atoms with E-state index in [4.69, 9.17) is 0 Å². The highest BCUT2D eigenvalue weighted by Gasteiger charge is 2.37. The predicted molar refractivity (Wildman–Crippen MR) is 91.9 cm³/mol. The third kappa shape index (κ3) is 3.84. The summed E-state index contributed by atoms with van der Waals surface area (Å²) in [5.41, 5.74) is -0.920. The van der Waals surface area contributed by atoms with Crippen LogP contribution in [0.15, 0.2) is 51.8 Å². The molecule has 1 atom stereocenters. The molecule has 1 aliphatic heterocycles. The number of alkyl halides is 3. The van der Waals surface area contributed by atoms with Crippen molar-refractivity contribution < 1.29 is 26.4 Å². The van der Waals surface area contributed by atoms with Crippen molar-refractivity contribution in [3.8, 4) is 0 Å². The number of amides is 1. The average molecular weight is 450 g/mol. The third-order valence-corrected chi connectivity index (χ3v) is 5.55. The summed E-state index contributed by atoms with van der Waals surface area (Å²) in [6, 6.07) is 8.66. The monoisotopic (exact) mass is 449 g/mol. The fourth-order valence-corrected chi connectivity index (χ4v) is 3.85. The van der Waals surface area contributed by atoms with Gasteiger partial charge in [0.1, 0.15) is 4.90 Å². The number of halogens is 4. The molecule has 6 nitrogen and oxygen atoms in total. The van der Waals surface area contributed by atoms with Crippen LogP contribution in [0.2, 0.25) is 0 Å². The maximum atomic E-state index is 12.9. The Bertz CT molecular complexity index is 962. The van der Waals surface area contributed by atoms with Crippen molar-refractivity contribution in [2.75, 3.05) is 10.6 Å². The normalized spacial score (nSPS) is 18.5. The highest BCUT2D eigenvalue weighted by Crippen LogP contribution is 2.35. The van der Waals surface area contributed by atoms with E-state index in [1.54, 1.807) is 24.3 Å². The first kappa shape index (κ1) is 18.7. The van der Waals surface area contributed by atoms with E-state index in [2.05, 4.69) is 31.3 Å². The summed E-state index contributed by atoms with van der Waals surface area (Å²) in [7, 11) is -4.15. The van der Waals surface area contributed by atoms with Gasteiger partial charge in [-0.3, -0.25) is 4.79 Å². The van der Waals surface area contributed by atoms with E-state index >= 15 is 0 Å². The number of sulfonamides is 1. The maximum Gasteiger partial charge on any atom is 0.416 e. The van der Waals surface area contributed by atoms with Gasteiger partial charge in [0.05, 0.1) is 11.3 Å². The Kier molecular flexibility index (Phi) is 4.71. The van der Waals surface area contributed by atoms with Gasteiger partial charge in [-0.05, 0) is 42.5 Å². The molecule has 1 amide bonds. The molecule has 0 spiro atoms. The van der Waals surface area contributed by atoms with Gasteiger partial charge in [-0.25, -0.2) is 8.42 Å². The minimum atomic E-state index is -4.64. The van der Waals surface area contributed by atoms with Crippen LogP contribution in [0, 0.1) is 0 Å². The summed E-state index contributed by atoms with van der Waals surface area (Å²) in [4.78, 5) is 11.9. The van der Waals surface area contributed by atoms with Crippen LogP contribution in [-0.4, -0.2) is 20.5 Å². The Balaban J connectivity index is 1.88. The zero-order chi connectivity index (χ0) is 19.1. The molecule has 3 rings (SSSR count). The predicted octanol–water partition coefficient (Wildman–Crippen LogP) is 3.14. The molecular formula is C15H11BrF3N3O3S. The zero-order valence-electron chi connectivity index (χ0n) is 12.8. The molecule has 11 heteroatoms. The molecule has 1 heterocycles. The zero-order valence-corrected chi connectivity index (χ0v) is 15.2. The fourth-order valence-electron chi connectivity index (χ4n) is 2.32. The molecule has 2 aromatic rings. The second kappa shape index (κ2) is 6.56. The van der Waals surface area contributed by atoms with Gasteiger partial charge in [0.15, 0.2) is 6.17 Å². The molecule has 0 aliphatic carbocycles. The summed E-state index contributed by atoms with van der Waals surface area (Å²) in [5, 5.41) is 4.97. The number of nitrogens with one attached hydrogen (secondary N) is 3. The van der Waals surface area contributed by atoms with E-state index in [9.17, 15) is 26.4 Å². The van der Waals surface area contributed by atoms with Crippen molar-refractivity contribution in [3.63, 3.8) is 0 Å². The standard InChI is InChI=1S/C15H11BrF3N3O3S/c16-9-2-4-10(5-3-9)20-14(23)13-21-11-7-8(15(17,18)19)1-6-12(11)26(24,25)22-13/h1-7,13,21-22H,(H,20,23). The minimum absolute atomic E-state index is 0.297. The Morgan fingerprint density at radius 3 is 2.38 bits per heavy atom. The number of carbonyl (C=O) groups is 1. The van der Waals surface area contributed by atoms with Crippen molar-refractivity contribution in [1.29, 1.82) is 0 Å². The van der Waals surface area contributed by atoms with E-state index in [0.717, 1.165) is 10.5 Å². The number of hydrogen-bond donors (Lipinski definition) is 3. The Morgan fingerprint density at radius 1 is 1.12 bits per heavy atom. The van der Waals surface area contributed by atoms with E-state index < -0.39 is 33.8 Å². The summed E-state index contributed by atoms with van der Waals surface area (Å²) in [6.45, 7) is 0. The van der Waals surface area contributed by atoms with Crippen molar-refractivity contribution in [1.82, 2.24) is 4.72 Å². The molecule has 0 aromatic heterocycles. The van der Waals surface area contributed by atoms with E-state index in [1.165, 1.54) is 0 Å². The lowest BCUT2D eigenvalue weighted by Crippen LogP contribution is -2.51. The SMILES string of the molecule is O=C(Nc1ccc(Br)cc1)C1Nc2cc(C(F)(F)F)ccc2S(=O)(=O)N1. The third-order valence-electron chi connectivity index (χ3n) is 3.54. The number of fused-ring (bicyclic) bond motifs is 1. The molecule has 138 valence electrons. The van der Waals surface area contributed by atoms with Crippen molar-refractivity contribution >= 4 is 43.2 Å². The minimum Gasteiger partial charge on any atom is -0.360 e. The molecule has 0 fully saturated rings. The molecule has 3 N–H and O–H groups in total. The van der Waals surface area contributed by atoms with Crippen LogP contribution in [0.25, 0.3) is 0 Å². The second-order valence-electron chi connectivity index (χ2n) is 5.40. The van der Waals surface area contributed by atoms with E-state index in [0.29, 0.717) is 17.8 Å². The van der Waals surface area contributed by atoms with Gasteiger partial charge in [-0.15, -0.1) is 0 Å². The summed E-state index contributed by atoms with van der Waals surface area (Å²) in [6.07, 6.45) is -6.10. The number of carbonyl (C=O) groups excluding carboxylic acids is 1. The Hall–Kier alpha value is -2.11. The van der Waals surface area contributed by atoms with Gasteiger partial charge in [-0.2, -0.15) is 17.9 Å². The van der Waals surface area contributed by atoms with Crippen LogP contribution in [-0.2, 0) is 21.0 Å². The lowest BCUT2D eigenvalue weighted by atomic mass is 10.2. The highest BCUT2D eigenvalue weighted by molar-refractivity contribution is 9.10. The van der Waals surface area contributed by atoms with Crippen LogP contribution in [0.1, 0.15) is 5.56 Å². The van der Waals surface area contributed by atoms with Gasteiger partial charge in [0.2, 0.25) is 10.0 Å². The summed E-state index contributed by atoms with van der Waals surface area (Å²) in [5.74, 6) is -0.765. The van der Waals surface area contributed by atoms with Crippen LogP contribution < -0.4 is 15.4 Å². The highest BCUT2D eigenvalue weighted by atomic mass is 79.9. The smallest absolute Gasteiger partial charge is 0.360 e. The van der Waals surface area contributed by atoms with Crippen LogP contribution in [0.5, 0.6) is 0 Å². The van der Waals surface area contributed by atoms with Crippen LogP contribution in [0.4, 0.5) is 24.5 Å². The molecule has 0 saturated carbocycles. The van der Waals surface area contributed by atoms with Gasteiger partial charge < -0.3 is 10.6 Å². The van der Waals surface area contributed by atoms with E-state index in [1.807, 2.05) is 0 Å². The Labute approximate surface area is 155 Å². The maximum absolute atomic E-state index is 12.9. The van der Waals surface area contributed by atoms with Crippen molar-refractivity contribution in [2.45, 2.75) is 17.2 Å². The lowest BCUT2D eigenvalue weighted by molar-refractivity contribution is -0.137. The molecule has 1 aliphatic rings. The first-order valence-corrected chi connectivity index (χ1v) is 9.40.